The first-order valence-corrected chi connectivity index (χ1v) is 3.89. The lowest BCUT2D eigenvalue weighted by Crippen LogP contribution is -2.50. The fourth-order valence-corrected chi connectivity index (χ4v) is 1.67. The molecule has 66 valence electrons. The first-order valence-electron chi connectivity index (χ1n) is 3.89. The van der Waals surface area contributed by atoms with E-state index in [9.17, 15) is 5.11 Å². The molecule has 0 bridgehead atoms. The van der Waals surface area contributed by atoms with Gasteiger partial charge in [0.2, 0.25) is 0 Å². The van der Waals surface area contributed by atoms with E-state index in [1.165, 1.54) is 0 Å². The zero-order valence-corrected chi connectivity index (χ0v) is 6.56. The molecular weight excluding hydrogens is 158 g/mol. The highest BCUT2D eigenvalue weighted by Gasteiger charge is 2.47. The molecular formula is C6H11N5O. The van der Waals surface area contributed by atoms with E-state index < -0.39 is 0 Å². The average Bonchev–Trinajstić information content (AvgIpc) is 2.50. The summed E-state index contributed by atoms with van der Waals surface area (Å²) < 4.78 is 0. The van der Waals surface area contributed by atoms with Crippen LogP contribution in [0.15, 0.2) is 0 Å². The van der Waals surface area contributed by atoms with E-state index in [0.717, 1.165) is 0 Å². The summed E-state index contributed by atoms with van der Waals surface area (Å²) in [4.78, 5) is 0. The highest BCUT2D eigenvalue weighted by Crippen LogP contribution is 2.40. The number of nitrogens with two attached hydrogens (primary N) is 1. The van der Waals surface area contributed by atoms with Gasteiger partial charge in [-0.15, -0.1) is 10.2 Å². The van der Waals surface area contributed by atoms with Crippen LogP contribution >= 0.6 is 0 Å². The predicted octanol–water partition coefficient (Wildman–Crippen LogP) is -1.45. The molecule has 1 saturated carbocycles. The predicted molar refractivity (Wildman–Crippen MR) is 40.2 cm³/mol. The molecule has 0 spiro atoms. The van der Waals surface area contributed by atoms with Gasteiger partial charge in [-0.2, -0.15) is 5.21 Å². The van der Waals surface area contributed by atoms with Gasteiger partial charge in [0.1, 0.15) is 0 Å². The zero-order chi connectivity index (χ0) is 8.60. The third kappa shape index (κ3) is 0.919. The minimum atomic E-state index is -0.257. The molecule has 2 rings (SSSR count). The van der Waals surface area contributed by atoms with Gasteiger partial charge in [-0.1, -0.05) is 5.21 Å². The first kappa shape index (κ1) is 7.63. The van der Waals surface area contributed by atoms with Crippen LogP contribution in [-0.2, 0) is 5.41 Å². The van der Waals surface area contributed by atoms with E-state index >= 15 is 0 Å². The molecule has 0 atom stereocenters. The normalized spacial score (nSPS) is 34.7. The van der Waals surface area contributed by atoms with Gasteiger partial charge in [-0.3, -0.25) is 0 Å². The Bertz CT molecular complexity index is 253. The van der Waals surface area contributed by atoms with E-state index in [2.05, 4.69) is 20.6 Å². The van der Waals surface area contributed by atoms with Crippen LogP contribution in [0.25, 0.3) is 0 Å². The van der Waals surface area contributed by atoms with Gasteiger partial charge in [0, 0.05) is 6.54 Å². The van der Waals surface area contributed by atoms with Crippen LogP contribution in [0.4, 0.5) is 0 Å². The number of H-pyrrole nitrogens is 1. The van der Waals surface area contributed by atoms with Crippen molar-refractivity contribution in [3.63, 3.8) is 0 Å². The standard InChI is InChI=1S/C6H11N5O/c7-3-6(1-4(12)2-6)5-8-10-11-9-5/h4,12H,1-3,7H2,(H,8,9,10,11). The fraction of sp³-hybridized carbons (Fsp3) is 0.833. The average molecular weight is 169 g/mol. The molecule has 0 amide bonds. The molecule has 1 aromatic rings. The molecule has 1 aromatic heterocycles. The number of hydrogen-bond acceptors (Lipinski definition) is 5. The topological polar surface area (TPSA) is 101 Å². The minimum absolute atomic E-state index is 0.230. The van der Waals surface area contributed by atoms with E-state index in [4.69, 9.17) is 5.73 Å². The summed E-state index contributed by atoms with van der Waals surface area (Å²) in [7, 11) is 0. The Morgan fingerprint density at radius 2 is 2.42 bits per heavy atom. The fourth-order valence-electron chi connectivity index (χ4n) is 1.67. The Morgan fingerprint density at radius 1 is 1.67 bits per heavy atom. The molecule has 0 aliphatic heterocycles. The molecule has 0 radical (unpaired) electrons. The summed E-state index contributed by atoms with van der Waals surface area (Å²) in [5, 5.41) is 22.8. The van der Waals surface area contributed by atoms with Gasteiger partial charge in [-0.25, -0.2) is 0 Å². The summed E-state index contributed by atoms with van der Waals surface area (Å²) in [6.07, 6.45) is 1.03. The van der Waals surface area contributed by atoms with Gasteiger partial charge in [0.05, 0.1) is 11.5 Å². The summed E-state index contributed by atoms with van der Waals surface area (Å²) in [5.41, 5.74) is 5.36. The second kappa shape index (κ2) is 2.49. The molecule has 1 aliphatic carbocycles. The number of aliphatic hydroxyl groups is 1. The van der Waals surface area contributed by atoms with Crippen molar-refractivity contribution in [2.45, 2.75) is 24.4 Å². The van der Waals surface area contributed by atoms with Crippen molar-refractivity contribution in [1.29, 1.82) is 0 Å². The third-order valence-electron chi connectivity index (χ3n) is 2.46. The molecule has 0 unspecified atom stereocenters. The molecule has 0 saturated heterocycles. The maximum Gasteiger partial charge on any atom is 0.182 e. The SMILES string of the molecule is NCC1(c2nn[nH]n2)CC(O)C1. The van der Waals surface area contributed by atoms with Crippen molar-refractivity contribution in [3.05, 3.63) is 5.82 Å². The summed E-state index contributed by atoms with van der Waals surface area (Å²) in [5.74, 6) is 0.621. The van der Waals surface area contributed by atoms with Crippen LogP contribution < -0.4 is 5.73 Å². The lowest BCUT2D eigenvalue weighted by molar-refractivity contribution is 0.0178. The van der Waals surface area contributed by atoms with Crippen LogP contribution in [0.1, 0.15) is 18.7 Å². The number of nitrogens with zero attached hydrogens (tertiary/aromatic N) is 3. The van der Waals surface area contributed by atoms with Gasteiger partial charge >= 0.3 is 0 Å². The number of aromatic amines is 1. The summed E-state index contributed by atoms with van der Waals surface area (Å²) in [6.45, 7) is 0.462. The molecule has 6 heteroatoms. The van der Waals surface area contributed by atoms with Crippen molar-refractivity contribution in [3.8, 4) is 0 Å². The van der Waals surface area contributed by atoms with Crippen LogP contribution in [0.3, 0.4) is 0 Å². The van der Waals surface area contributed by atoms with Crippen molar-refractivity contribution in [2.75, 3.05) is 6.54 Å². The zero-order valence-electron chi connectivity index (χ0n) is 6.56. The lowest BCUT2D eigenvalue weighted by atomic mass is 9.66. The van der Waals surface area contributed by atoms with Gasteiger partial charge < -0.3 is 10.8 Å². The van der Waals surface area contributed by atoms with Crippen molar-refractivity contribution in [1.82, 2.24) is 20.6 Å². The van der Waals surface area contributed by atoms with Crippen molar-refractivity contribution >= 4 is 0 Å². The Hall–Kier alpha value is -1.01. The van der Waals surface area contributed by atoms with Gasteiger partial charge in [0.25, 0.3) is 0 Å². The summed E-state index contributed by atoms with van der Waals surface area (Å²) in [6, 6.07) is 0. The van der Waals surface area contributed by atoms with Gasteiger partial charge in [0.15, 0.2) is 5.82 Å². The highest BCUT2D eigenvalue weighted by molar-refractivity contribution is 5.14. The molecule has 1 fully saturated rings. The number of tetrazole rings is 1. The maximum atomic E-state index is 9.17. The van der Waals surface area contributed by atoms with E-state index in [1.807, 2.05) is 0 Å². The van der Waals surface area contributed by atoms with E-state index in [0.29, 0.717) is 25.2 Å². The number of aromatic nitrogens is 4. The van der Waals surface area contributed by atoms with Crippen LogP contribution in [0, 0.1) is 0 Å². The lowest BCUT2D eigenvalue weighted by Gasteiger charge is -2.41. The molecule has 4 N–H and O–H groups in total. The van der Waals surface area contributed by atoms with Gasteiger partial charge in [-0.05, 0) is 12.8 Å². The molecule has 6 nitrogen and oxygen atoms in total. The maximum absolute atomic E-state index is 9.17. The quantitative estimate of drug-likeness (QED) is 0.503. The molecule has 1 aliphatic rings. The Labute approximate surface area is 69.2 Å². The van der Waals surface area contributed by atoms with Crippen LogP contribution in [0.5, 0.6) is 0 Å². The van der Waals surface area contributed by atoms with Crippen molar-refractivity contribution < 1.29 is 5.11 Å². The second-order valence-corrected chi connectivity index (χ2v) is 3.28. The minimum Gasteiger partial charge on any atom is -0.393 e. The number of nitrogens with one attached hydrogen (secondary N) is 1. The van der Waals surface area contributed by atoms with Crippen molar-refractivity contribution in [2.24, 2.45) is 5.73 Å². The number of rotatable bonds is 2. The molecule has 12 heavy (non-hydrogen) atoms. The Balaban J connectivity index is 2.20. The Morgan fingerprint density at radius 3 is 2.83 bits per heavy atom. The smallest absolute Gasteiger partial charge is 0.182 e. The van der Waals surface area contributed by atoms with Crippen LogP contribution in [-0.4, -0.2) is 38.4 Å². The number of aliphatic hydroxyl groups excluding tert-OH is 1. The number of hydrogen-bond donors (Lipinski definition) is 3. The summed E-state index contributed by atoms with van der Waals surface area (Å²) >= 11 is 0. The third-order valence-corrected chi connectivity index (χ3v) is 2.46. The van der Waals surface area contributed by atoms with E-state index in [-0.39, 0.29) is 11.5 Å². The Kier molecular flexibility index (Phi) is 1.59. The highest BCUT2D eigenvalue weighted by atomic mass is 16.3. The second-order valence-electron chi connectivity index (χ2n) is 3.28. The van der Waals surface area contributed by atoms with Crippen LogP contribution in [0.2, 0.25) is 0 Å². The molecule has 0 aromatic carbocycles. The monoisotopic (exact) mass is 169 g/mol. The molecule has 1 heterocycles. The van der Waals surface area contributed by atoms with E-state index in [1.54, 1.807) is 0 Å². The largest absolute Gasteiger partial charge is 0.393 e. The first-order chi connectivity index (χ1) is 5.77.